The lowest BCUT2D eigenvalue weighted by molar-refractivity contribution is 0.0695. The van der Waals surface area contributed by atoms with Gasteiger partial charge in [-0.05, 0) is 62.1 Å². The fraction of sp³-hybridized carbons (Fsp3) is 0.310. The van der Waals surface area contributed by atoms with Gasteiger partial charge in [-0.1, -0.05) is 0 Å². The van der Waals surface area contributed by atoms with Crippen molar-refractivity contribution in [3.63, 3.8) is 0 Å². The number of hydrogen-bond acceptors (Lipinski definition) is 7. The van der Waals surface area contributed by atoms with Gasteiger partial charge in [-0.2, -0.15) is 0 Å². The molecule has 3 atom stereocenters. The van der Waals surface area contributed by atoms with Crippen molar-refractivity contribution in [1.29, 1.82) is 0 Å². The number of anilines is 2. The van der Waals surface area contributed by atoms with Crippen LogP contribution in [0.2, 0.25) is 0 Å². The van der Waals surface area contributed by atoms with E-state index in [0.29, 0.717) is 28.6 Å². The number of ether oxygens (including phenoxy) is 1. The minimum Gasteiger partial charge on any atom is -0.477 e. The summed E-state index contributed by atoms with van der Waals surface area (Å²) in [5.74, 6) is -1.65. The highest BCUT2D eigenvalue weighted by Crippen LogP contribution is 2.50. The summed E-state index contributed by atoms with van der Waals surface area (Å²) in [6.45, 7) is 1.85. The van der Waals surface area contributed by atoms with E-state index in [1.165, 1.54) is 12.3 Å². The molecule has 3 aromatic heterocycles. The van der Waals surface area contributed by atoms with Crippen LogP contribution in [0.15, 0.2) is 53.6 Å². The van der Waals surface area contributed by atoms with Crippen molar-refractivity contribution in [2.24, 2.45) is 5.92 Å². The monoisotopic (exact) mass is 547 g/mol. The molecule has 1 saturated heterocycles. The number of aromatic carboxylic acids is 1. The molecule has 9 nitrogen and oxygen atoms in total. The zero-order valence-electron chi connectivity index (χ0n) is 22.1. The van der Waals surface area contributed by atoms with Crippen molar-refractivity contribution in [2.75, 3.05) is 30.5 Å². The summed E-state index contributed by atoms with van der Waals surface area (Å²) >= 11 is 0. The average molecular weight is 548 g/mol. The predicted molar refractivity (Wildman–Crippen MR) is 146 cm³/mol. The van der Waals surface area contributed by atoms with Crippen molar-refractivity contribution < 1.29 is 23.4 Å². The molecule has 1 aromatic carbocycles. The van der Waals surface area contributed by atoms with E-state index in [-0.39, 0.29) is 35.6 Å². The van der Waals surface area contributed by atoms with E-state index in [0.717, 1.165) is 18.9 Å². The van der Waals surface area contributed by atoms with Crippen LogP contribution in [-0.4, -0.2) is 58.4 Å². The molecular formula is C29H27F2N5O4. The number of fused-ring (bicyclic) bond motifs is 2. The second-order valence-electron chi connectivity index (χ2n) is 10.5. The predicted octanol–water partition coefficient (Wildman–Crippen LogP) is 4.18. The van der Waals surface area contributed by atoms with Crippen LogP contribution in [0, 0.1) is 24.5 Å². The Bertz CT molecular complexity index is 1710. The van der Waals surface area contributed by atoms with E-state index in [2.05, 4.69) is 9.97 Å². The van der Waals surface area contributed by atoms with Crippen molar-refractivity contribution in [3.8, 4) is 11.6 Å². The molecule has 0 amide bonds. The van der Waals surface area contributed by atoms with Crippen LogP contribution in [0.1, 0.15) is 28.9 Å². The van der Waals surface area contributed by atoms with Crippen molar-refractivity contribution in [3.05, 3.63) is 81.9 Å². The zero-order chi connectivity index (χ0) is 28.3. The number of aromatic nitrogens is 3. The maximum atomic E-state index is 15.7. The molecule has 0 bridgehead atoms. The largest absolute Gasteiger partial charge is 0.477 e. The van der Waals surface area contributed by atoms with Gasteiger partial charge >= 0.3 is 5.97 Å². The molecule has 0 radical (unpaired) electrons. The molecule has 1 aliphatic carbocycles. The van der Waals surface area contributed by atoms with Crippen LogP contribution >= 0.6 is 0 Å². The van der Waals surface area contributed by atoms with E-state index < -0.39 is 28.6 Å². The number of aryl methyl sites for hydroxylation is 1. The Labute approximate surface area is 228 Å². The quantitative estimate of drug-likeness (QED) is 0.368. The number of piperidine rings is 1. The third kappa shape index (κ3) is 4.41. The van der Waals surface area contributed by atoms with E-state index in [1.807, 2.05) is 23.9 Å². The minimum atomic E-state index is -1.41. The zero-order valence-corrected chi connectivity index (χ0v) is 22.1. The molecule has 0 spiro atoms. The summed E-state index contributed by atoms with van der Waals surface area (Å²) in [5.41, 5.74) is 0.517. The molecule has 1 aliphatic heterocycles. The molecule has 4 heterocycles. The van der Waals surface area contributed by atoms with Crippen molar-refractivity contribution >= 4 is 28.4 Å². The van der Waals surface area contributed by atoms with Gasteiger partial charge < -0.3 is 24.2 Å². The first-order valence-corrected chi connectivity index (χ1v) is 12.9. The normalized spacial score (nSPS) is 19.5. The second-order valence-corrected chi connectivity index (χ2v) is 10.5. The first-order chi connectivity index (χ1) is 19.1. The fourth-order valence-electron chi connectivity index (χ4n) is 5.56. The Morgan fingerprint density at radius 3 is 2.65 bits per heavy atom. The van der Waals surface area contributed by atoms with Crippen LogP contribution in [0.5, 0.6) is 5.88 Å². The Balaban J connectivity index is 1.44. The number of halogens is 2. The Morgan fingerprint density at radius 2 is 1.95 bits per heavy atom. The number of benzene rings is 1. The second kappa shape index (κ2) is 9.58. The summed E-state index contributed by atoms with van der Waals surface area (Å²) < 4.78 is 37.3. The maximum absolute atomic E-state index is 15.7. The van der Waals surface area contributed by atoms with E-state index in [1.54, 1.807) is 42.0 Å². The van der Waals surface area contributed by atoms with Crippen molar-refractivity contribution in [1.82, 2.24) is 14.5 Å². The summed E-state index contributed by atoms with van der Waals surface area (Å²) in [5, 5.41) is 9.64. The molecule has 11 heteroatoms. The fourth-order valence-corrected chi connectivity index (χ4v) is 5.56. The molecule has 6 rings (SSSR count). The highest BCUT2D eigenvalue weighted by Gasteiger charge is 2.53. The van der Waals surface area contributed by atoms with Gasteiger partial charge in [0.25, 0.3) is 5.88 Å². The topological polar surface area (TPSA) is 101 Å². The van der Waals surface area contributed by atoms with Gasteiger partial charge in [0.2, 0.25) is 5.43 Å². The van der Waals surface area contributed by atoms with Crippen LogP contribution in [0.3, 0.4) is 0 Å². The lowest BCUT2D eigenvalue weighted by Crippen LogP contribution is -2.38. The number of carbonyl (C=O) groups is 1. The standard InChI is InChI=1S/C29H27F2N5O4/c1-15-4-6-21(30)28(33-15)40-14-18-8-16-9-23(16)36(18)25-11-24-19(10-22(25)31)27(37)20(29(38)39)13-35(24)17-5-7-26(32-12-17)34(2)3/h4-7,10-13,16,18,23H,8-9,14H2,1-3H3,(H,38,39)/t16-,18+,23+/m0/s1. The smallest absolute Gasteiger partial charge is 0.341 e. The summed E-state index contributed by atoms with van der Waals surface area (Å²) in [4.78, 5) is 37.3. The lowest BCUT2D eigenvalue weighted by Gasteiger charge is -2.30. The van der Waals surface area contributed by atoms with Gasteiger partial charge in [0.05, 0.1) is 29.1 Å². The van der Waals surface area contributed by atoms with Crippen LogP contribution in [-0.2, 0) is 0 Å². The van der Waals surface area contributed by atoms with Crippen molar-refractivity contribution in [2.45, 2.75) is 31.8 Å². The van der Waals surface area contributed by atoms with Crippen LogP contribution < -0.4 is 20.0 Å². The Kier molecular flexibility index (Phi) is 6.16. The molecule has 2 aliphatic rings. The van der Waals surface area contributed by atoms with E-state index in [4.69, 9.17) is 4.74 Å². The number of rotatable bonds is 7. The third-order valence-electron chi connectivity index (χ3n) is 7.63. The molecule has 1 saturated carbocycles. The number of hydrogen-bond donors (Lipinski definition) is 1. The first-order valence-electron chi connectivity index (χ1n) is 12.9. The molecule has 0 unspecified atom stereocenters. The number of nitrogens with zero attached hydrogens (tertiary/aromatic N) is 5. The average Bonchev–Trinajstić information content (AvgIpc) is 3.59. The van der Waals surface area contributed by atoms with Crippen LogP contribution in [0.4, 0.5) is 20.3 Å². The highest BCUT2D eigenvalue weighted by molar-refractivity contribution is 5.94. The van der Waals surface area contributed by atoms with E-state index >= 15 is 4.39 Å². The van der Waals surface area contributed by atoms with Gasteiger partial charge in [0, 0.05) is 37.4 Å². The minimum absolute atomic E-state index is 0.0526. The maximum Gasteiger partial charge on any atom is 0.341 e. The highest BCUT2D eigenvalue weighted by atomic mass is 19.1. The first kappa shape index (κ1) is 25.7. The van der Waals surface area contributed by atoms with Gasteiger partial charge in [0.1, 0.15) is 23.8 Å². The number of carboxylic acids is 1. The van der Waals surface area contributed by atoms with Gasteiger partial charge in [-0.15, -0.1) is 0 Å². The summed E-state index contributed by atoms with van der Waals surface area (Å²) in [6.07, 6.45) is 4.46. The SMILES string of the molecule is Cc1ccc(F)c(OC[C@H]2C[C@H]3C[C@H]3N2c2cc3c(cc2F)c(=O)c(C(=O)O)cn3-c2ccc(N(C)C)nc2)n1. The van der Waals surface area contributed by atoms with Gasteiger partial charge in [0.15, 0.2) is 5.82 Å². The summed E-state index contributed by atoms with van der Waals surface area (Å²) in [6, 6.07) is 8.92. The number of carboxylic acid groups (broad SMARTS) is 1. The molecule has 40 heavy (non-hydrogen) atoms. The summed E-state index contributed by atoms with van der Waals surface area (Å²) in [7, 11) is 3.69. The molecule has 1 N–H and O–H groups in total. The molecule has 4 aromatic rings. The third-order valence-corrected chi connectivity index (χ3v) is 7.63. The molecule has 2 fully saturated rings. The van der Waals surface area contributed by atoms with E-state index in [9.17, 15) is 19.1 Å². The number of pyridine rings is 3. The Morgan fingerprint density at radius 1 is 1.15 bits per heavy atom. The Hall–Kier alpha value is -4.54. The van der Waals surface area contributed by atoms with Crippen LogP contribution in [0.25, 0.3) is 16.6 Å². The lowest BCUT2D eigenvalue weighted by atomic mass is 10.1. The van der Waals surface area contributed by atoms with Gasteiger partial charge in [-0.25, -0.2) is 23.5 Å². The molecule has 206 valence electrons. The molecular weight excluding hydrogens is 520 g/mol. The van der Waals surface area contributed by atoms with Gasteiger partial charge in [-0.3, -0.25) is 4.79 Å².